The molecule has 1 amide bonds. The summed E-state index contributed by atoms with van der Waals surface area (Å²) in [6.45, 7) is 3.81. The normalized spacial score (nSPS) is 17.2. The molecule has 1 atom stereocenters. The molecule has 0 saturated carbocycles. The Morgan fingerprint density at radius 3 is 2.47 bits per heavy atom. The van der Waals surface area contributed by atoms with Crippen molar-refractivity contribution in [1.82, 2.24) is 4.90 Å². The van der Waals surface area contributed by atoms with Crippen molar-refractivity contribution in [3.63, 3.8) is 0 Å². The molecule has 1 heterocycles. The monoisotopic (exact) mass is 269 g/mol. The maximum Gasteiger partial charge on any atom is 0.235 e. The minimum atomic E-state index is -0.0192. The molecule has 0 N–H and O–H groups in total. The lowest BCUT2D eigenvalue weighted by molar-refractivity contribution is -0.129. The summed E-state index contributed by atoms with van der Waals surface area (Å²) >= 11 is 7.43. The van der Waals surface area contributed by atoms with Crippen LogP contribution in [0.2, 0.25) is 5.02 Å². The van der Waals surface area contributed by atoms with Gasteiger partial charge in [-0.3, -0.25) is 4.79 Å². The van der Waals surface area contributed by atoms with Gasteiger partial charge in [0.05, 0.1) is 5.25 Å². The largest absolute Gasteiger partial charge is 0.342 e. The first kappa shape index (κ1) is 12.8. The van der Waals surface area contributed by atoms with E-state index in [9.17, 15) is 4.79 Å². The number of likely N-dealkylation sites (tertiary alicyclic amines) is 1. The summed E-state index contributed by atoms with van der Waals surface area (Å²) < 4.78 is 0. The van der Waals surface area contributed by atoms with Crippen LogP contribution in [-0.4, -0.2) is 29.1 Å². The van der Waals surface area contributed by atoms with Crippen molar-refractivity contribution in [3.05, 3.63) is 29.3 Å². The number of thioether (sulfide) groups is 1. The van der Waals surface area contributed by atoms with Crippen LogP contribution in [0.4, 0.5) is 0 Å². The van der Waals surface area contributed by atoms with Gasteiger partial charge in [0, 0.05) is 23.0 Å². The number of hydrogen-bond acceptors (Lipinski definition) is 2. The van der Waals surface area contributed by atoms with Gasteiger partial charge in [-0.05, 0) is 44.0 Å². The molecule has 17 heavy (non-hydrogen) atoms. The standard InChI is InChI=1S/C13H16ClNOS/c1-10(13(16)15-8-2-3-9-15)17-12-6-4-11(14)5-7-12/h4-7,10H,2-3,8-9H2,1H3/t10-/m0/s1. The molecular weight excluding hydrogens is 254 g/mol. The van der Waals surface area contributed by atoms with Crippen molar-refractivity contribution in [1.29, 1.82) is 0 Å². The molecule has 0 radical (unpaired) electrons. The summed E-state index contributed by atoms with van der Waals surface area (Å²) in [6, 6.07) is 7.63. The van der Waals surface area contributed by atoms with E-state index in [0.29, 0.717) is 0 Å². The minimum absolute atomic E-state index is 0.0192. The molecule has 1 aliphatic rings. The second kappa shape index (κ2) is 5.78. The van der Waals surface area contributed by atoms with Gasteiger partial charge in [0.2, 0.25) is 5.91 Å². The molecule has 0 aliphatic carbocycles. The number of halogens is 1. The average molecular weight is 270 g/mol. The Labute approximate surface area is 111 Å². The lowest BCUT2D eigenvalue weighted by Crippen LogP contribution is -2.33. The lowest BCUT2D eigenvalue weighted by atomic mass is 10.4. The fourth-order valence-corrected chi connectivity index (χ4v) is 3.04. The Bertz CT molecular complexity index is 387. The summed E-state index contributed by atoms with van der Waals surface area (Å²) in [5.41, 5.74) is 0. The van der Waals surface area contributed by atoms with Crippen molar-refractivity contribution < 1.29 is 4.79 Å². The molecule has 2 nitrogen and oxygen atoms in total. The number of nitrogens with zero attached hydrogens (tertiary/aromatic N) is 1. The molecule has 0 aromatic heterocycles. The van der Waals surface area contributed by atoms with Gasteiger partial charge >= 0.3 is 0 Å². The van der Waals surface area contributed by atoms with Crippen LogP contribution in [0.5, 0.6) is 0 Å². The van der Waals surface area contributed by atoms with E-state index in [4.69, 9.17) is 11.6 Å². The highest BCUT2D eigenvalue weighted by Crippen LogP contribution is 2.26. The highest BCUT2D eigenvalue weighted by molar-refractivity contribution is 8.00. The predicted octanol–water partition coefficient (Wildman–Crippen LogP) is 3.44. The summed E-state index contributed by atoms with van der Waals surface area (Å²) in [4.78, 5) is 15.2. The van der Waals surface area contributed by atoms with Crippen LogP contribution in [0.1, 0.15) is 19.8 Å². The molecular formula is C13H16ClNOS. The van der Waals surface area contributed by atoms with Crippen molar-refractivity contribution in [2.45, 2.75) is 29.9 Å². The molecule has 1 fully saturated rings. The smallest absolute Gasteiger partial charge is 0.235 e. The number of amides is 1. The first-order valence-corrected chi connectivity index (χ1v) is 7.13. The molecule has 2 rings (SSSR count). The van der Waals surface area contributed by atoms with Crippen LogP contribution in [0.3, 0.4) is 0 Å². The Balaban J connectivity index is 1.93. The summed E-state index contributed by atoms with van der Waals surface area (Å²) in [5, 5.41) is 0.710. The van der Waals surface area contributed by atoms with Gasteiger partial charge in [-0.25, -0.2) is 0 Å². The van der Waals surface area contributed by atoms with Crippen LogP contribution in [0.25, 0.3) is 0 Å². The van der Waals surface area contributed by atoms with Crippen LogP contribution < -0.4 is 0 Å². The molecule has 0 spiro atoms. The van der Waals surface area contributed by atoms with Crippen LogP contribution in [0.15, 0.2) is 29.2 Å². The summed E-state index contributed by atoms with van der Waals surface area (Å²) in [7, 11) is 0. The van der Waals surface area contributed by atoms with E-state index < -0.39 is 0 Å². The first-order chi connectivity index (χ1) is 8.16. The number of hydrogen-bond donors (Lipinski definition) is 0. The second-order valence-corrected chi connectivity index (χ2v) is 6.10. The van der Waals surface area contributed by atoms with Gasteiger partial charge < -0.3 is 4.90 Å². The quantitative estimate of drug-likeness (QED) is 0.784. The third-order valence-electron chi connectivity index (χ3n) is 2.89. The van der Waals surface area contributed by atoms with Gasteiger partial charge in [-0.15, -0.1) is 11.8 Å². The Morgan fingerprint density at radius 1 is 1.29 bits per heavy atom. The predicted molar refractivity (Wildman–Crippen MR) is 72.6 cm³/mol. The van der Waals surface area contributed by atoms with E-state index in [2.05, 4.69) is 0 Å². The van der Waals surface area contributed by atoms with Crippen LogP contribution >= 0.6 is 23.4 Å². The molecule has 1 aromatic rings. The first-order valence-electron chi connectivity index (χ1n) is 5.88. The third kappa shape index (κ3) is 3.39. The zero-order chi connectivity index (χ0) is 12.3. The molecule has 0 bridgehead atoms. The second-order valence-electron chi connectivity index (χ2n) is 4.25. The van der Waals surface area contributed by atoms with Crippen LogP contribution in [0, 0.1) is 0 Å². The lowest BCUT2D eigenvalue weighted by Gasteiger charge is -2.19. The summed E-state index contributed by atoms with van der Waals surface area (Å²) in [6.07, 6.45) is 2.29. The molecule has 1 aliphatic heterocycles. The summed E-state index contributed by atoms with van der Waals surface area (Å²) in [5.74, 6) is 0.252. The van der Waals surface area contributed by atoms with E-state index in [1.54, 1.807) is 11.8 Å². The van der Waals surface area contributed by atoms with E-state index in [0.717, 1.165) is 35.8 Å². The number of benzene rings is 1. The molecule has 1 aromatic carbocycles. The molecule has 92 valence electrons. The van der Waals surface area contributed by atoms with E-state index in [1.807, 2.05) is 36.1 Å². The molecule has 1 saturated heterocycles. The van der Waals surface area contributed by atoms with Gasteiger partial charge in [0.1, 0.15) is 0 Å². The van der Waals surface area contributed by atoms with E-state index in [-0.39, 0.29) is 11.2 Å². The topological polar surface area (TPSA) is 20.3 Å². The zero-order valence-corrected chi connectivity index (χ0v) is 11.4. The Morgan fingerprint density at radius 2 is 1.88 bits per heavy atom. The fourth-order valence-electron chi connectivity index (χ4n) is 1.96. The fraction of sp³-hybridized carbons (Fsp3) is 0.462. The minimum Gasteiger partial charge on any atom is -0.342 e. The average Bonchev–Trinajstić information content (AvgIpc) is 2.84. The number of carbonyl (C=O) groups excluding carboxylic acids is 1. The van der Waals surface area contributed by atoms with Gasteiger partial charge in [-0.1, -0.05) is 11.6 Å². The molecule has 0 unspecified atom stereocenters. The SMILES string of the molecule is C[C@H](Sc1ccc(Cl)cc1)C(=O)N1CCCC1. The van der Waals surface area contributed by atoms with Crippen molar-refractivity contribution >= 4 is 29.3 Å². The van der Waals surface area contributed by atoms with Gasteiger partial charge in [0.25, 0.3) is 0 Å². The van der Waals surface area contributed by atoms with E-state index in [1.165, 1.54) is 0 Å². The van der Waals surface area contributed by atoms with Crippen molar-refractivity contribution in [3.8, 4) is 0 Å². The number of rotatable bonds is 3. The van der Waals surface area contributed by atoms with Gasteiger partial charge in [-0.2, -0.15) is 0 Å². The van der Waals surface area contributed by atoms with Crippen LogP contribution in [-0.2, 0) is 4.79 Å². The highest BCUT2D eigenvalue weighted by atomic mass is 35.5. The number of carbonyl (C=O) groups is 1. The Hall–Kier alpha value is -0.670. The maximum atomic E-state index is 12.1. The van der Waals surface area contributed by atoms with Crippen molar-refractivity contribution in [2.75, 3.05) is 13.1 Å². The highest BCUT2D eigenvalue weighted by Gasteiger charge is 2.23. The van der Waals surface area contributed by atoms with Crippen molar-refractivity contribution in [2.24, 2.45) is 0 Å². The maximum absolute atomic E-state index is 12.1. The van der Waals surface area contributed by atoms with Gasteiger partial charge in [0.15, 0.2) is 0 Å². The zero-order valence-electron chi connectivity index (χ0n) is 9.86. The third-order valence-corrected chi connectivity index (χ3v) is 4.24. The molecule has 4 heteroatoms. The Kier molecular flexibility index (Phi) is 4.35. The van der Waals surface area contributed by atoms with E-state index >= 15 is 0 Å².